The van der Waals surface area contributed by atoms with Crippen molar-refractivity contribution >= 4 is 0 Å². The summed E-state index contributed by atoms with van der Waals surface area (Å²) in [6, 6.07) is 8.66. The average molecular weight is 233 g/mol. The van der Waals surface area contributed by atoms with Gasteiger partial charge in [0.2, 0.25) is 0 Å². The summed E-state index contributed by atoms with van der Waals surface area (Å²) >= 11 is 0. The van der Waals surface area contributed by atoms with Gasteiger partial charge in [-0.15, -0.1) is 0 Å². The smallest absolute Gasteiger partial charge is 0.0741 e. The van der Waals surface area contributed by atoms with Crippen molar-refractivity contribution in [2.75, 3.05) is 6.54 Å². The van der Waals surface area contributed by atoms with Gasteiger partial charge in [0.25, 0.3) is 0 Å². The van der Waals surface area contributed by atoms with Gasteiger partial charge in [-0.25, -0.2) is 0 Å². The maximum atomic E-state index is 9.93. The van der Waals surface area contributed by atoms with E-state index >= 15 is 0 Å². The summed E-state index contributed by atoms with van der Waals surface area (Å²) in [5.74, 6) is 0.791. The summed E-state index contributed by atoms with van der Waals surface area (Å²) in [6.07, 6.45) is 3.46. The molecule has 2 rings (SSSR count). The SMILES string of the molecule is CCC(C)(O)CNCc1ccccc1C1CC1. The molecule has 0 spiro atoms. The fourth-order valence-electron chi connectivity index (χ4n) is 2.08. The second-order valence-corrected chi connectivity index (χ2v) is 5.43. The Bertz CT molecular complexity index is 369. The zero-order valence-corrected chi connectivity index (χ0v) is 10.9. The van der Waals surface area contributed by atoms with E-state index in [0.717, 1.165) is 18.9 Å². The van der Waals surface area contributed by atoms with E-state index < -0.39 is 5.60 Å². The molecule has 94 valence electrons. The lowest BCUT2D eigenvalue weighted by Crippen LogP contribution is -2.36. The number of aliphatic hydroxyl groups is 1. The summed E-state index contributed by atoms with van der Waals surface area (Å²) in [7, 11) is 0. The maximum Gasteiger partial charge on any atom is 0.0741 e. The zero-order valence-electron chi connectivity index (χ0n) is 10.9. The Hall–Kier alpha value is -0.860. The van der Waals surface area contributed by atoms with Crippen LogP contribution in [0.25, 0.3) is 0 Å². The van der Waals surface area contributed by atoms with Crippen LogP contribution in [0.2, 0.25) is 0 Å². The minimum absolute atomic E-state index is 0.589. The summed E-state index contributed by atoms with van der Waals surface area (Å²) in [5.41, 5.74) is 2.30. The third-order valence-corrected chi connectivity index (χ3v) is 3.66. The number of benzene rings is 1. The molecule has 1 aliphatic rings. The van der Waals surface area contributed by atoms with Gasteiger partial charge in [-0.1, -0.05) is 31.2 Å². The van der Waals surface area contributed by atoms with E-state index in [1.807, 2.05) is 13.8 Å². The highest BCUT2D eigenvalue weighted by Crippen LogP contribution is 2.41. The Balaban J connectivity index is 1.90. The molecule has 0 aliphatic heterocycles. The molecule has 1 atom stereocenters. The second kappa shape index (κ2) is 5.19. The first kappa shape index (κ1) is 12.6. The summed E-state index contributed by atoms with van der Waals surface area (Å²) in [6.45, 7) is 5.41. The van der Waals surface area contributed by atoms with Crippen LogP contribution in [-0.4, -0.2) is 17.3 Å². The van der Waals surface area contributed by atoms with Crippen molar-refractivity contribution in [2.24, 2.45) is 0 Å². The van der Waals surface area contributed by atoms with Crippen LogP contribution in [0.15, 0.2) is 24.3 Å². The van der Waals surface area contributed by atoms with Crippen LogP contribution >= 0.6 is 0 Å². The number of hydrogen-bond donors (Lipinski definition) is 2. The monoisotopic (exact) mass is 233 g/mol. The average Bonchev–Trinajstić information content (AvgIpc) is 3.14. The standard InChI is InChI=1S/C15H23NO/c1-3-15(2,17)11-16-10-13-6-4-5-7-14(13)12-8-9-12/h4-7,12,16-17H,3,8-11H2,1-2H3. The van der Waals surface area contributed by atoms with Crippen LogP contribution in [0, 0.1) is 0 Å². The molecular formula is C15H23NO. The van der Waals surface area contributed by atoms with Crippen LogP contribution < -0.4 is 5.32 Å². The van der Waals surface area contributed by atoms with Crippen molar-refractivity contribution in [3.63, 3.8) is 0 Å². The first-order valence-corrected chi connectivity index (χ1v) is 6.63. The molecule has 2 nitrogen and oxygen atoms in total. The van der Waals surface area contributed by atoms with E-state index in [2.05, 4.69) is 29.6 Å². The summed E-state index contributed by atoms with van der Waals surface area (Å²) < 4.78 is 0. The van der Waals surface area contributed by atoms with Crippen LogP contribution in [0.3, 0.4) is 0 Å². The van der Waals surface area contributed by atoms with Gasteiger partial charge in [0.1, 0.15) is 0 Å². The first-order valence-electron chi connectivity index (χ1n) is 6.63. The molecule has 1 saturated carbocycles. The maximum absolute atomic E-state index is 9.93. The van der Waals surface area contributed by atoms with E-state index in [4.69, 9.17) is 0 Å². The number of hydrogen-bond acceptors (Lipinski definition) is 2. The molecule has 1 aliphatic carbocycles. The van der Waals surface area contributed by atoms with Gasteiger partial charge in [-0.2, -0.15) is 0 Å². The molecule has 0 radical (unpaired) electrons. The van der Waals surface area contributed by atoms with Crippen molar-refractivity contribution in [1.29, 1.82) is 0 Å². The molecule has 0 aromatic heterocycles. The van der Waals surface area contributed by atoms with Gasteiger partial charge in [0.15, 0.2) is 0 Å². The van der Waals surface area contributed by atoms with Gasteiger partial charge in [-0.05, 0) is 43.2 Å². The Morgan fingerprint density at radius 3 is 2.71 bits per heavy atom. The topological polar surface area (TPSA) is 32.3 Å². The fraction of sp³-hybridized carbons (Fsp3) is 0.600. The molecule has 1 unspecified atom stereocenters. The van der Waals surface area contributed by atoms with E-state index in [0.29, 0.717) is 6.54 Å². The van der Waals surface area contributed by atoms with Crippen LogP contribution in [0.1, 0.15) is 50.2 Å². The molecule has 1 fully saturated rings. The minimum atomic E-state index is -0.589. The van der Waals surface area contributed by atoms with Crippen molar-refractivity contribution in [3.8, 4) is 0 Å². The van der Waals surface area contributed by atoms with E-state index in [1.165, 1.54) is 24.0 Å². The van der Waals surface area contributed by atoms with E-state index in [9.17, 15) is 5.11 Å². The van der Waals surface area contributed by atoms with E-state index in [1.54, 1.807) is 0 Å². The Kier molecular flexibility index (Phi) is 3.85. The molecule has 1 aromatic rings. The van der Waals surface area contributed by atoms with Crippen molar-refractivity contribution < 1.29 is 5.11 Å². The number of nitrogens with one attached hydrogen (secondary N) is 1. The third-order valence-electron chi connectivity index (χ3n) is 3.66. The molecule has 0 heterocycles. The van der Waals surface area contributed by atoms with Crippen LogP contribution in [0.4, 0.5) is 0 Å². The zero-order chi connectivity index (χ0) is 12.3. The Morgan fingerprint density at radius 2 is 2.06 bits per heavy atom. The van der Waals surface area contributed by atoms with Gasteiger partial charge in [0.05, 0.1) is 5.60 Å². The molecule has 0 bridgehead atoms. The number of rotatable bonds is 6. The van der Waals surface area contributed by atoms with Crippen molar-refractivity contribution in [1.82, 2.24) is 5.32 Å². The van der Waals surface area contributed by atoms with Gasteiger partial charge < -0.3 is 10.4 Å². The van der Waals surface area contributed by atoms with E-state index in [-0.39, 0.29) is 0 Å². The lowest BCUT2D eigenvalue weighted by atomic mass is 10.0. The molecular weight excluding hydrogens is 210 g/mol. The Labute approximate surface area is 104 Å². The van der Waals surface area contributed by atoms with Crippen LogP contribution in [0.5, 0.6) is 0 Å². The third kappa shape index (κ3) is 3.55. The van der Waals surface area contributed by atoms with Crippen molar-refractivity contribution in [3.05, 3.63) is 35.4 Å². The fourth-order valence-corrected chi connectivity index (χ4v) is 2.08. The largest absolute Gasteiger partial charge is 0.389 e. The minimum Gasteiger partial charge on any atom is -0.389 e. The van der Waals surface area contributed by atoms with Crippen LogP contribution in [-0.2, 0) is 6.54 Å². The first-order chi connectivity index (χ1) is 8.12. The van der Waals surface area contributed by atoms with Gasteiger partial charge >= 0.3 is 0 Å². The summed E-state index contributed by atoms with van der Waals surface area (Å²) in [4.78, 5) is 0. The molecule has 17 heavy (non-hydrogen) atoms. The molecule has 2 heteroatoms. The molecule has 2 N–H and O–H groups in total. The second-order valence-electron chi connectivity index (χ2n) is 5.43. The Morgan fingerprint density at radius 1 is 1.35 bits per heavy atom. The highest BCUT2D eigenvalue weighted by atomic mass is 16.3. The molecule has 1 aromatic carbocycles. The lowest BCUT2D eigenvalue weighted by Gasteiger charge is -2.22. The normalized spacial score (nSPS) is 19.0. The van der Waals surface area contributed by atoms with Crippen molar-refractivity contribution in [2.45, 2.75) is 51.2 Å². The lowest BCUT2D eigenvalue weighted by molar-refractivity contribution is 0.0555. The molecule has 0 saturated heterocycles. The van der Waals surface area contributed by atoms with Gasteiger partial charge in [0, 0.05) is 13.1 Å². The molecule has 0 amide bonds. The highest BCUT2D eigenvalue weighted by molar-refractivity contribution is 5.33. The predicted octanol–water partition coefficient (Wildman–Crippen LogP) is 2.81. The van der Waals surface area contributed by atoms with Gasteiger partial charge in [-0.3, -0.25) is 0 Å². The quantitative estimate of drug-likeness (QED) is 0.792. The summed E-state index contributed by atoms with van der Waals surface area (Å²) in [5, 5.41) is 13.3. The highest BCUT2D eigenvalue weighted by Gasteiger charge is 2.25. The predicted molar refractivity (Wildman–Crippen MR) is 71.0 cm³/mol.